The van der Waals surface area contributed by atoms with Crippen molar-refractivity contribution in [2.75, 3.05) is 11.1 Å². The van der Waals surface area contributed by atoms with Gasteiger partial charge in [0, 0.05) is 0 Å². The predicted molar refractivity (Wildman–Crippen MR) is 72.4 cm³/mol. The van der Waals surface area contributed by atoms with E-state index < -0.39 is 5.91 Å². The zero-order valence-corrected chi connectivity index (χ0v) is 11.1. The Morgan fingerprint density at radius 3 is 2.50 bits per heavy atom. The number of nitrogen functional groups attached to an aromatic ring is 1. The number of amides is 1. The van der Waals surface area contributed by atoms with Crippen LogP contribution in [0, 0.1) is 0 Å². The third-order valence-corrected chi connectivity index (χ3v) is 3.21. The molecule has 0 bridgehead atoms. The summed E-state index contributed by atoms with van der Waals surface area (Å²) in [6, 6.07) is 2.90. The van der Waals surface area contributed by atoms with Crippen molar-refractivity contribution >= 4 is 52.2 Å². The van der Waals surface area contributed by atoms with E-state index in [0.29, 0.717) is 10.7 Å². The summed E-state index contributed by atoms with van der Waals surface area (Å²) in [5, 5.41) is 9.55. The molecule has 4 N–H and O–H groups in total. The van der Waals surface area contributed by atoms with Gasteiger partial charge in [-0.3, -0.25) is 9.89 Å². The number of hydrogen-bond acceptors (Lipinski definition) is 3. The number of hydrogen-bond donors (Lipinski definition) is 3. The molecule has 0 aliphatic rings. The second-order valence-electron chi connectivity index (χ2n) is 3.40. The first-order valence-corrected chi connectivity index (χ1v) is 5.87. The molecule has 8 heteroatoms. The predicted octanol–water partition coefficient (Wildman–Crippen LogP) is 3.20. The van der Waals surface area contributed by atoms with Gasteiger partial charge >= 0.3 is 0 Å². The number of aromatic amines is 1. The Hall–Kier alpha value is -1.43. The molecule has 18 heavy (non-hydrogen) atoms. The van der Waals surface area contributed by atoms with Gasteiger partial charge in [0.1, 0.15) is 11.4 Å². The first kappa shape index (κ1) is 13.0. The van der Waals surface area contributed by atoms with Crippen LogP contribution in [0.1, 0.15) is 10.4 Å². The molecule has 0 aliphatic carbocycles. The lowest BCUT2D eigenvalue weighted by molar-refractivity contribution is 0.102. The topological polar surface area (TPSA) is 83.8 Å². The van der Waals surface area contributed by atoms with Crippen LogP contribution in [-0.2, 0) is 0 Å². The number of anilines is 2. The minimum Gasteiger partial charge on any atom is -0.383 e. The molecular formula is C10H7Cl3N4O. The highest BCUT2D eigenvalue weighted by Crippen LogP contribution is 2.32. The summed E-state index contributed by atoms with van der Waals surface area (Å²) in [5.41, 5.74) is 6.09. The van der Waals surface area contributed by atoms with Crippen LogP contribution in [0.15, 0.2) is 18.3 Å². The quantitative estimate of drug-likeness (QED) is 0.745. The van der Waals surface area contributed by atoms with Crippen LogP contribution in [0.25, 0.3) is 0 Å². The molecule has 1 aromatic carbocycles. The van der Waals surface area contributed by atoms with E-state index in [1.54, 1.807) is 0 Å². The molecule has 0 unspecified atom stereocenters. The van der Waals surface area contributed by atoms with Crippen molar-refractivity contribution in [3.8, 4) is 0 Å². The van der Waals surface area contributed by atoms with Gasteiger partial charge in [0.05, 0.1) is 27.0 Å². The number of H-pyrrole nitrogens is 1. The number of carbonyl (C=O) groups is 1. The molecule has 2 aromatic rings. The highest BCUT2D eigenvalue weighted by molar-refractivity contribution is 6.44. The van der Waals surface area contributed by atoms with Gasteiger partial charge in [-0.15, -0.1) is 0 Å². The van der Waals surface area contributed by atoms with Gasteiger partial charge in [-0.1, -0.05) is 34.8 Å². The van der Waals surface area contributed by atoms with Crippen LogP contribution in [0.5, 0.6) is 0 Å². The molecule has 1 aromatic heterocycles. The lowest BCUT2D eigenvalue weighted by Crippen LogP contribution is -2.13. The Morgan fingerprint density at radius 1 is 1.22 bits per heavy atom. The minimum atomic E-state index is -0.443. The van der Waals surface area contributed by atoms with Crippen molar-refractivity contribution in [2.24, 2.45) is 0 Å². The number of nitrogens with zero attached hydrogens (tertiary/aromatic N) is 1. The summed E-state index contributed by atoms with van der Waals surface area (Å²) in [5.74, 6) is -0.273. The lowest BCUT2D eigenvalue weighted by Gasteiger charge is -2.08. The van der Waals surface area contributed by atoms with Crippen molar-refractivity contribution in [1.82, 2.24) is 10.2 Å². The fourth-order valence-electron chi connectivity index (χ4n) is 1.29. The Morgan fingerprint density at radius 2 is 1.89 bits per heavy atom. The summed E-state index contributed by atoms with van der Waals surface area (Å²) in [7, 11) is 0. The summed E-state index contributed by atoms with van der Waals surface area (Å²) >= 11 is 17.6. The molecule has 0 radical (unpaired) electrons. The summed E-state index contributed by atoms with van der Waals surface area (Å²) < 4.78 is 0. The number of nitrogens with two attached hydrogens (primary N) is 1. The standard InChI is InChI=1S/C10H7Cl3N4O/c11-5-1-7(13)8(2-6(5)12)16-10(18)4-3-15-17-9(4)14/h1-3H,(H,16,18)(H3,14,15,17). The zero-order valence-electron chi connectivity index (χ0n) is 8.80. The Labute approximate surface area is 117 Å². The van der Waals surface area contributed by atoms with Crippen LogP contribution in [0.3, 0.4) is 0 Å². The van der Waals surface area contributed by atoms with Crippen LogP contribution in [-0.4, -0.2) is 16.1 Å². The second-order valence-corrected chi connectivity index (χ2v) is 4.62. The van der Waals surface area contributed by atoms with E-state index in [1.807, 2.05) is 0 Å². The molecule has 0 saturated carbocycles. The fraction of sp³-hybridized carbons (Fsp3) is 0. The molecule has 0 saturated heterocycles. The van der Waals surface area contributed by atoms with Crippen molar-refractivity contribution < 1.29 is 4.79 Å². The number of halogens is 3. The third kappa shape index (κ3) is 2.53. The monoisotopic (exact) mass is 304 g/mol. The maximum absolute atomic E-state index is 11.9. The van der Waals surface area contributed by atoms with E-state index in [0.717, 1.165) is 0 Å². The average molecular weight is 306 g/mol. The van der Waals surface area contributed by atoms with Crippen molar-refractivity contribution in [2.45, 2.75) is 0 Å². The van der Waals surface area contributed by atoms with E-state index in [9.17, 15) is 4.79 Å². The minimum absolute atomic E-state index is 0.170. The Balaban J connectivity index is 2.28. The van der Waals surface area contributed by atoms with Gasteiger partial charge in [-0.05, 0) is 12.1 Å². The largest absolute Gasteiger partial charge is 0.383 e. The van der Waals surface area contributed by atoms with Crippen molar-refractivity contribution in [3.05, 3.63) is 39.0 Å². The van der Waals surface area contributed by atoms with E-state index >= 15 is 0 Å². The van der Waals surface area contributed by atoms with E-state index in [-0.39, 0.29) is 21.4 Å². The molecule has 1 amide bonds. The highest BCUT2D eigenvalue weighted by Gasteiger charge is 2.14. The third-order valence-electron chi connectivity index (χ3n) is 2.17. The normalized spacial score (nSPS) is 10.4. The maximum Gasteiger partial charge on any atom is 0.261 e. The first-order valence-electron chi connectivity index (χ1n) is 4.73. The van der Waals surface area contributed by atoms with Crippen molar-refractivity contribution in [3.63, 3.8) is 0 Å². The van der Waals surface area contributed by atoms with E-state index in [1.165, 1.54) is 18.3 Å². The van der Waals surface area contributed by atoms with Crippen LogP contribution < -0.4 is 11.1 Å². The van der Waals surface area contributed by atoms with Crippen LogP contribution in [0.4, 0.5) is 11.5 Å². The molecule has 1 heterocycles. The molecule has 94 valence electrons. The number of nitrogens with one attached hydrogen (secondary N) is 2. The van der Waals surface area contributed by atoms with Gasteiger partial charge in [-0.2, -0.15) is 5.10 Å². The molecule has 0 aliphatic heterocycles. The maximum atomic E-state index is 11.9. The highest BCUT2D eigenvalue weighted by atomic mass is 35.5. The molecule has 0 atom stereocenters. The van der Waals surface area contributed by atoms with Crippen LogP contribution >= 0.6 is 34.8 Å². The lowest BCUT2D eigenvalue weighted by atomic mass is 10.2. The fourth-order valence-corrected chi connectivity index (χ4v) is 1.88. The van der Waals surface area contributed by atoms with Gasteiger partial charge in [0.15, 0.2) is 0 Å². The van der Waals surface area contributed by atoms with Gasteiger partial charge in [-0.25, -0.2) is 0 Å². The SMILES string of the molecule is Nc1[nH]ncc1C(=O)Nc1cc(Cl)c(Cl)cc1Cl. The zero-order chi connectivity index (χ0) is 13.3. The summed E-state index contributed by atoms with van der Waals surface area (Å²) in [6.45, 7) is 0. The number of benzene rings is 1. The summed E-state index contributed by atoms with van der Waals surface area (Å²) in [4.78, 5) is 11.9. The van der Waals surface area contributed by atoms with E-state index in [2.05, 4.69) is 15.5 Å². The van der Waals surface area contributed by atoms with Gasteiger partial charge in [0.25, 0.3) is 5.91 Å². The molecule has 5 nitrogen and oxygen atoms in total. The van der Waals surface area contributed by atoms with E-state index in [4.69, 9.17) is 40.5 Å². The smallest absolute Gasteiger partial charge is 0.261 e. The van der Waals surface area contributed by atoms with Crippen LogP contribution in [0.2, 0.25) is 15.1 Å². The van der Waals surface area contributed by atoms with Crippen molar-refractivity contribution in [1.29, 1.82) is 0 Å². The Bertz CT molecular complexity index is 611. The first-order chi connectivity index (χ1) is 8.49. The molecule has 0 spiro atoms. The summed E-state index contributed by atoms with van der Waals surface area (Å²) in [6.07, 6.45) is 1.32. The average Bonchev–Trinajstić information content (AvgIpc) is 2.72. The van der Waals surface area contributed by atoms with Gasteiger partial charge < -0.3 is 11.1 Å². The molecule has 0 fully saturated rings. The molecular weight excluding hydrogens is 298 g/mol. The van der Waals surface area contributed by atoms with Gasteiger partial charge in [0.2, 0.25) is 0 Å². The second kappa shape index (κ2) is 5.06. The number of carbonyl (C=O) groups excluding carboxylic acids is 1. The number of aromatic nitrogens is 2. The molecule has 2 rings (SSSR count). The Kier molecular flexibility index (Phi) is 3.65. The number of rotatable bonds is 2.